The minimum absolute atomic E-state index is 0.182. The van der Waals surface area contributed by atoms with Crippen LogP contribution in [0, 0.1) is 26.6 Å². The number of morpholine rings is 1. The molecule has 34 heavy (non-hydrogen) atoms. The molecule has 1 aliphatic rings. The fraction of sp³-hybridized carbons (Fsp3) is 0.280. The summed E-state index contributed by atoms with van der Waals surface area (Å²) in [7, 11) is 0. The highest BCUT2D eigenvalue weighted by atomic mass is 35.5. The van der Waals surface area contributed by atoms with Crippen LogP contribution in [0.5, 0.6) is 0 Å². The molecule has 4 heterocycles. The van der Waals surface area contributed by atoms with Crippen LogP contribution in [-0.2, 0) is 4.74 Å². The predicted molar refractivity (Wildman–Crippen MR) is 129 cm³/mol. The Morgan fingerprint density at radius 1 is 1.15 bits per heavy atom. The SMILES string of the molecule is Cc1cc([C@H]2CN(c3cn4c(=O)c(C)c(C)nc4c(-c4ccc(Cl)cc4F)n3)CCO2)ccn1. The van der Waals surface area contributed by atoms with Crippen molar-refractivity contribution in [2.24, 2.45) is 0 Å². The zero-order valence-electron chi connectivity index (χ0n) is 19.0. The summed E-state index contributed by atoms with van der Waals surface area (Å²) in [5.41, 5.74) is 3.64. The Kier molecular flexibility index (Phi) is 5.79. The third kappa shape index (κ3) is 4.03. The van der Waals surface area contributed by atoms with Crippen molar-refractivity contribution in [1.82, 2.24) is 19.4 Å². The zero-order valence-corrected chi connectivity index (χ0v) is 19.8. The molecule has 0 spiro atoms. The fourth-order valence-corrected chi connectivity index (χ4v) is 4.32. The van der Waals surface area contributed by atoms with Crippen molar-refractivity contribution in [2.75, 3.05) is 24.6 Å². The number of hydrogen-bond acceptors (Lipinski definition) is 6. The van der Waals surface area contributed by atoms with Gasteiger partial charge in [0.1, 0.15) is 23.4 Å². The third-order valence-electron chi connectivity index (χ3n) is 6.14. The second-order valence-corrected chi connectivity index (χ2v) is 8.87. The van der Waals surface area contributed by atoms with Gasteiger partial charge in [-0.25, -0.2) is 14.4 Å². The highest BCUT2D eigenvalue weighted by Gasteiger charge is 2.25. The second kappa shape index (κ2) is 8.77. The van der Waals surface area contributed by atoms with E-state index in [0.717, 1.165) is 11.3 Å². The normalized spacial score (nSPS) is 16.3. The van der Waals surface area contributed by atoms with Crippen molar-refractivity contribution in [3.63, 3.8) is 0 Å². The van der Waals surface area contributed by atoms with Crippen molar-refractivity contribution in [1.29, 1.82) is 0 Å². The van der Waals surface area contributed by atoms with Crippen LogP contribution in [0.1, 0.15) is 28.6 Å². The summed E-state index contributed by atoms with van der Waals surface area (Å²) in [6.07, 6.45) is 3.26. The van der Waals surface area contributed by atoms with E-state index >= 15 is 0 Å². The summed E-state index contributed by atoms with van der Waals surface area (Å²) < 4.78 is 22.4. The Labute approximate surface area is 200 Å². The molecule has 0 aliphatic carbocycles. The smallest absolute Gasteiger partial charge is 0.261 e. The number of rotatable bonds is 3. The molecule has 9 heteroatoms. The van der Waals surface area contributed by atoms with E-state index in [9.17, 15) is 9.18 Å². The monoisotopic (exact) mass is 479 g/mol. The molecule has 0 bridgehead atoms. The van der Waals surface area contributed by atoms with Gasteiger partial charge < -0.3 is 9.64 Å². The maximum Gasteiger partial charge on any atom is 0.261 e. The maximum absolute atomic E-state index is 15.0. The predicted octanol–water partition coefficient (Wildman–Crippen LogP) is 4.45. The lowest BCUT2D eigenvalue weighted by Gasteiger charge is -2.34. The molecule has 5 rings (SSSR count). The Morgan fingerprint density at radius 2 is 1.97 bits per heavy atom. The van der Waals surface area contributed by atoms with Crippen LogP contribution in [0.3, 0.4) is 0 Å². The molecule has 1 saturated heterocycles. The molecular formula is C25H23ClFN5O2. The second-order valence-electron chi connectivity index (χ2n) is 8.43. The lowest BCUT2D eigenvalue weighted by Crippen LogP contribution is -2.39. The van der Waals surface area contributed by atoms with Gasteiger partial charge in [-0.2, -0.15) is 0 Å². The summed E-state index contributed by atoms with van der Waals surface area (Å²) in [4.78, 5) is 28.8. The number of pyridine rings is 1. The van der Waals surface area contributed by atoms with Gasteiger partial charge in [-0.1, -0.05) is 11.6 Å². The van der Waals surface area contributed by atoms with Crippen LogP contribution in [0.15, 0.2) is 47.5 Å². The van der Waals surface area contributed by atoms with Crippen LogP contribution < -0.4 is 10.5 Å². The van der Waals surface area contributed by atoms with Crippen LogP contribution in [0.2, 0.25) is 5.02 Å². The number of fused-ring (bicyclic) bond motifs is 1. The van der Waals surface area contributed by atoms with Crippen molar-refractivity contribution >= 4 is 23.1 Å². The van der Waals surface area contributed by atoms with Crippen LogP contribution >= 0.6 is 11.6 Å². The summed E-state index contributed by atoms with van der Waals surface area (Å²) in [5, 5.41) is 0.280. The number of benzene rings is 1. The van der Waals surface area contributed by atoms with Crippen LogP contribution in [0.25, 0.3) is 16.9 Å². The molecule has 1 aromatic carbocycles. The van der Waals surface area contributed by atoms with E-state index < -0.39 is 5.82 Å². The van der Waals surface area contributed by atoms with E-state index in [1.807, 2.05) is 24.0 Å². The van der Waals surface area contributed by atoms with E-state index in [1.54, 1.807) is 38.4 Å². The van der Waals surface area contributed by atoms with Crippen molar-refractivity contribution < 1.29 is 9.13 Å². The molecule has 0 saturated carbocycles. The molecule has 0 amide bonds. The molecular weight excluding hydrogens is 457 g/mol. The summed E-state index contributed by atoms with van der Waals surface area (Å²) >= 11 is 5.97. The standard InChI is InChI=1S/C25H23ClFN5O2/c1-14-10-17(6-7-28-14)21-12-31(8-9-34-21)22-13-32-24(29-16(3)15(2)25(32)33)23(30-22)19-5-4-18(26)11-20(19)27/h4-7,10-11,13,21H,8-9,12H2,1-3H3/t21-/m1/s1. The first kappa shape index (κ1) is 22.4. The first-order valence-electron chi connectivity index (χ1n) is 11.0. The lowest BCUT2D eigenvalue weighted by atomic mass is 10.1. The highest BCUT2D eigenvalue weighted by molar-refractivity contribution is 6.30. The van der Waals surface area contributed by atoms with Crippen molar-refractivity contribution in [3.05, 3.63) is 86.4 Å². The van der Waals surface area contributed by atoms with E-state index in [4.69, 9.17) is 21.3 Å². The van der Waals surface area contributed by atoms with Crippen LogP contribution in [0.4, 0.5) is 10.2 Å². The summed E-state index contributed by atoms with van der Waals surface area (Å²) in [6, 6.07) is 8.33. The highest BCUT2D eigenvalue weighted by Crippen LogP contribution is 2.31. The summed E-state index contributed by atoms with van der Waals surface area (Å²) in [5.74, 6) is 0.0155. The summed E-state index contributed by atoms with van der Waals surface area (Å²) in [6.45, 7) is 7.01. The number of aryl methyl sites for hydroxylation is 2. The Balaban J connectivity index is 1.66. The van der Waals surface area contributed by atoms with Gasteiger partial charge in [0, 0.05) is 46.8 Å². The van der Waals surface area contributed by atoms with Crippen LogP contribution in [-0.4, -0.2) is 39.0 Å². The van der Waals surface area contributed by atoms with E-state index in [0.29, 0.717) is 42.4 Å². The Bertz CT molecular complexity index is 1470. The Morgan fingerprint density at radius 3 is 2.74 bits per heavy atom. The van der Waals surface area contributed by atoms with Gasteiger partial charge in [0.05, 0.1) is 12.8 Å². The molecule has 0 radical (unpaired) electrons. The number of nitrogens with zero attached hydrogens (tertiary/aromatic N) is 5. The quantitative estimate of drug-likeness (QED) is 0.432. The zero-order chi connectivity index (χ0) is 24.0. The van der Waals surface area contributed by atoms with Gasteiger partial charge >= 0.3 is 0 Å². The largest absolute Gasteiger partial charge is 0.370 e. The molecule has 1 atom stereocenters. The number of aromatic nitrogens is 4. The van der Waals surface area contributed by atoms with Gasteiger partial charge in [0.15, 0.2) is 5.65 Å². The van der Waals surface area contributed by atoms with Crippen molar-refractivity contribution in [2.45, 2.75) is 26.9 Å². The Hall–Kier alpha value is -3.36. The third-order valence-corrected chi connectivity index (χ3v) is 6.37. The van der Waals surface area contributed by atoms with Gasteiger partial charge in [-0.15, -0.1) is 0 Å². The van der Waals surface area contributed by atoms with E-state index in [-0.39, 0.29) is 27.9 Å². The fourth-order valence-electron chi connectivity index (χ4n) is 4.17. The van der Waals surface area contributed by atoms with Gasteiger partial charge in [0.25, 0.3) is 5.56 Å². The van der Waals surface area contributed by atoms with E-state index in [1.165, 1.54) is 10.5 Å². The molecule has 3 aromatic heterocycles. The number of halogens is 2. The minimum atomic E-state index is -0.529. The van der Waals surface area contributed by atoms with Gasteiger partial charge in [0.2, 0.25) is 0 Å². The molecule has 7 nitrogen and oxygen atoms in total. The lowest BCUT2D eigenvalue weighted by molar-refractivity contribution is 0.0394. The molecule has 174 valence electrons. The first-order chi connectivity index (χ1) is 16.3. The molecule has 0 unspecified atom stereocenters. The number of hydrogen-bond donors (Lipinski definition) is 0. The number of anilines is 1. The van der Waals surface area contributed by atoms with Gasteiger partial charge in [-0.3, -0.25) is 14.2 Å². The minimum Gasteiger partial charge on any atom is -0.370 e. The van der Waals surface area contributed by atoms with Gasteiger partial charge in [-0.05, 0) is 56.7 Å². The maximum atomic E-state index is 15.0. The molecule has 0 N–H and O–H groups in total. The molecule has 1 aliphatic heterocycles. The topological polar surface area (TPSA) is 72.6 Å². The number of ether oxygens (including phenoxy) is 1. The molecule has 4 aromatic rings. The van der Waals surface area contributed by atoms with E-state index in [2.05, 4.69) is 9.97 Å². The average Bonchev–Trinajstić information content (AvgIpc) is 2.82. The first-order valence-corrected chi connectivity index (χ1v) is 11.3. The molecule has 1 fully saturated rings. The van der Waals surface area contributed by atoms with Crippen molar-refractivity contribution in [3.8, 4) is 11.3 Å². The average molecular weight is 480 g/mol.